The van der Waals surface area contributed by atoms with Gasteiger partial charge in [0.05, 0.1) is 29.0 Å². The number of amides is 1. The highest BCUT2D eigenvalue weighted by Crippen LogP contribution is 2.39. The van der Waals surface area contributed by atoms with E-state index in [4.69, 9.17) is 0 Å². The van der Waals surface area contributed by atoms with Gasteiger partial charge in [-0.2, -0.15) is 5.26 Å². The van der Waals surface area contributed by atoms with Gasteiger partial charge in [0.15, 0.2) is 0 Å². The first-order chi connectivity index (χ1) is 13.3. The lowest BCUT2D eigenvalue weighted by atomic mass is 10.0. The van der Waals surface area contributed by atoms with Crippen molar-refractivity contribution < 1.29 is 22.7 Å². The number of hydrogen-bond donors (Lipinski definition) is 2. The minimum absolute atomic E-state index is 0.197. The van der Waals surface area contributed by atoms with Crippen molar-refractivity contribution in [2.24, 2.45) is 0 Å². The molecule has 144 valence electrons. The van der Waals surface area contributed by atoms with Crippen LogP contribution in [0.15, 0.2) is 55.1 Å². The van der Waals surface area contributed by atoms with Gasteiger partial charge in [-0.1, -0.05) is 12.6 Å². The molecule has 3 rings (SSSR count). The molecule has 9 heteroatoms. The molecule has 0 fully saturated rings. The summed E-state index contributed by atoms with van der Waals surface area (Å²) in [5.74, 6) is -0.693. The Kier molecular flexibility index (Phi) is 5.24. The van der Waals surface area contributed by atoms with Crippen LogP contribution in [0.1, 0.15) is 17.2 Å². The molecular weight excluding hydrogens is 373 g/mol. The fourth-order valence-electron chi connectivity index (χ4n) is 2.93. The van der Waals surface area contributed by atoms with Crippen molar-refractivity contribution in [3.8, 4) is 11.8 Å². The number of nitrogens with zero attached hydrogens (tertiary/aromatic N) is 2. The number of ether oxygens (including phenoxy) is 1. The van der Waals surface area contributed by atoms with E-state index in [0.29, 0.717) is 22.5 Å². The molecule has 1 aliphatic heterocycles. The average Bonchev–Trinajstić information content (AvgIpc) is 3.04. The number of rotatable bonds is 5. The number of anilines is 2. The first-order valence-corrected chi connectivity index (χ1v) is 8.18. The number of halogens is 3. The molecule has 1 atom stereocenters. The molecule has 1 amide bonds. The molecule has 0 aliphatic carbocycles. The maximum atomic E-state index is 12.3. The van der Waals surface area contributed by atoms with Crippen LogP contribution in [-0.4, -0.2) is 18.8 Å². The van der Waals surface area contributed by atoms with E-state index in [1.165, 1.54) is 24.3 Å². The summed E-state index contributed by atoms with van der Waals surface area (Å²) in [5, 5.41) is 13.7. The number of carbonyl (C=O) groups is 1. The van der Waals surface area contributed by atoms with E-state index in [2.05, 4.69) is 28.1 Å². The first-order valence-electron chi connectivity index (χ1n) is 8.18. The van der Waals surface area contributed by atoms with E-state index in [9.17, 15) is 23.2 Å². The lowest BCUT2D eigenvalue weighted by molar-refractivity contribution is -0.274. The van der Waals surface area contributed by atoms with Gasteiger partial charge in [0, 0.05) is 12.1 Å². The number of alkyl halides is 3. The second-order valence-corrected chi connectivity index (χ2v) is 5.86. The monoisotopic (exact) mass is 388 g/mol. The molecule has 2 aromatic rings. The van der Waals surface area contributed by atoms with Crippen molar-refractivity contribution in [2.75, 3.05) is 11.6 Å². The zero-order chi connectivity index (χ0) is 20.3. The highest BCUT2D eigenvalue weighted by Gasteiger charge is 2.33. The summed E-state index contributed by atoms with van der Waals surface area (Å²) >= 11 is 0. The zero-order valence-electron chi connectivity index (χ0n) is 14.5. The van der Waals surface area contributed by atoms with Gasteiger partial charge >= 0.3 is 6.36 Å². The largest absolute Gasteiger partial charge is 0.573 e. The Morgan fingerprint density at radius 1 is 1.32 bits per heavy atom. The number of hydrazine groups is 1. The molecule has 2 aromatic carbocycles. The first kappa shape index (κ1) is 19.3. The number of nitrogens with one attached hydrogen (secondary N) is 2. The Balaban J connectivity index is 1.90. The van der Waals surface area contributed by atoms with Crippen LogP contribution >= 0.6 is 0 Å². The number of nitriles is 1. The van der Waals surface area contributed by atoms with Crippen molar-refractivity contribution >= 4 is 17.3 Å². The molecule has 2 N–H and O–H groups in total. The molecule has 0 bridgehead atoms. The van der Waals surface area contributed by atoms with E-state index in [0.717, 1.165) is 6.08 Å². The number of fused-ring (bicyclic) bond motifs is 1. The standard InChI is InChI=1S/C19H15F3N4O2/c1-2-17(27)24-11-15-18-12(10-23)4-3-5-16(18)26(25-15)13-6-8-14(9-7-13)28-19(20,21)22/h2-9,15,25H,1,11H2,(H,24,27). The third-order valence-electron chi connectivity index (χ3n) is 4.07. The second kappa shape index (κ2) is 7.62. The summed E-state index contributed by atoms with van der Waals surface area (Å²) in [6.45, 7) is 3.59. The van der Waals surface area contributed by atoms with Gasteiger partial charge in [-0.3, -0.25) is 9.80 Å². The van der Waals surface area contributed by atoms with Crippen molar-refractivity contribution in [3.63, 3.8) is 0 Å². The van der Waals surface area contributed by atoms with Gasteiger partial charge in [0.2, 0.25) is 5.91 Å². The van der Waals surface area contributed by atoms with E-state index >= 15 is 0 Å². The van der Waals surface area contributed by atoms with Crippen molar-refractivity contribution in [1.82, 2.24) is 10.7 Å². The minimum Gasteiger partial charge on any atom is -0.406 e. The highest BCUT2D eigenvalue weighted by atomic mass is 19.4. The smallest absolute Gasteiger partial charge is 0.406 e. The molecule has 0 spiro atoms. The second-order valence-electron chi connectivity index (χ2n) is 5.86. The van der Waals surface area contributed by atoms with Crippen LogP contribution in [0.2, 0.25) is 0 Å². The normalized spacial score (nSPS) is 15.5. The average molecular weight is 388 g/mol. The summed E-state index contributed by atoms with van der Waals surface area (Å²) in [4.78, 5) is 11.5. The van der Waals surface area contributed by atoms with Gasteiger partial charge in [-0.05, 0) is 42.5 Å². The summed E-state index contributed by atoms with van der Waals surface area (Å²) in [5.41, 5.74) is 5.50. The Morgan fingerprint density at radius 3 is 2.64 bits per heavy atom. The predicted molar refractivity (Wildman–Crippen MR) is 95.5 cm³/mol. The molecular formula is C19H15F3N4O2. The van der Waals surface area contributed by atoms with E-state index in [1.54, 1.807) is 23.2 Å². The van der Waals surface area contributed by atoms with Crippen LogP contribution in [0.5, 0.6) is 5.75 Å². The van der Waals surface area contributed by atoms with E-state index in [1.807, 2.05) is 0 Å². The van der Waals surface area contributed by atoms with Crippen molar-refractivity contribution in [3.05, 3.63) is 66.2 Å². The molecule has 0 saturated carbocycles. The highest BCUT2D eigenvalue weighted by molar-refractivity contribution is 5.87. The molecule has 0 saturated heterocycles. The molecule has 6 nitrogen and oxygen atoms in total. The topological polar surface area (TPSA) is 77.4 Å². The molecule has 28 heavy (non-hydrogen) atoms. The van der Waals surface area contributed by atoms with Crippen LogP contribution < -0.4 is 20.5 Å². The summed E-state index contributed by atoms with van der Waals surface area (Å²) in [7, 11) is 0. The summed E-state index contributed by atoms with van der Waals surface area (Å²) < 4.78 is 40.9. The minimum atomic E-state index is -4.77. The maximum Gasteiger partial charge on any atom is 0.573 e. The molecule has 0 radical (unpaired) electrons. The van der Waals surface area contributed by atoms with Crippen LogP contribution in [0.3, 0.4) is 0 Å². The Hall–Kier alpha value is -3.51. The van der Waals surface area contributed by atoms with Gasteiger partial charge in [0.25, 0.3) is 0 Å². The fourth-order valence-corrected chi connectivity index (χ4v) is 2.93. The van der Waals surface area contributed by atoms with Crippen LogP contribution in [0.25, 0.3) is 0 Å². The maximum absolute atomic E-state index is 12.3. The number of hydrogen-bond acceptors (Lipinski definition) is 5. The number of carbonyl (C=O) groups excluding carboxylic acids is 1. The van der Waals surface area contributed by atoms with Gasteiger partial charge in [0.1, 0.15) is 5.75 Å². The fraction of sp³-hybridized carbons (Fsp3) is 0.158. The van der Waals surface area contributed by atoms with Gasteiger partial charge < -0.3 is 10.1 Å². The third kappa shape index (κ3) is 4.07. The van der Waals surface area contributed by atoms with E-state index in [-0.39, 0.29) is 18.2 Å². The molecule has 1 heterocycles. The Labute approximate surface area is 158 Å². The third-order valence-corrected chi connectivity index (χ3v) is 4.07. The van der Waals surface area contributed by atoms with Crippen molar-refractivity contribution in [2.45, 2.75) is 12.4 Å². The van der Waals surface area contributed by atoms with Crippen LogP contribution in [0.4, 0.5) is 24.5 Å². The van der Waals surface area contributed by atoms with Crippen molar-refractivity contribution in [1.29, 1.82) is 5.26 Å². The predicted octanol–water partition coefficient (Wildman–Crippen LogP) is 3.46. The Bertz CT molecular complexity index is 936. The van der Waals surface area contributed by atoms with Gasteiger partial charge in [-0.25, -0.2) is 5.43 Å². The quantitative estimate of drug-likeness (QED) is 0.768. The lowest BCUT2D eigenvalue weighted by Gasteiger charge is -2.21. The molecule has 0 aromatic heterocycles. The summed E-state index contributed by atoms with van der Waals surface area (Å²) in [6, 6.07) is 12.2. The van der Waals surface area contributed by atoms with E-state index < -0.39 is 12.4 Å². The van der Waals surface area contributed by atoms with Crippen LogP contribution in [-0.2, 0) is 4.79 Å². The summed E-state index contributed by atoms with van der Waals surface area (Å²) in [6.07, 6.45) is -3.63. The van der Waals surface area contributed by atoms with Crippen LogP contribution in [0, 0.1) is 11.3 Å². The number of benzene rings is 2. The zero-order valence-corrected chi connectivity index (χ0v) is 14.5. The SMILES string of the molecule is C=CC(=O)NCC1NN(c2ccc(OC(F)(F)F)cc2)c2cccc(C#N)c21. The van der Waals surface area contributed by atoms with Gasteiger partial charge in [-0.15, -0.1) is 13.2 Å². The molecule has 1 aliphatic rings. The lowest BCUT2D eigenvalue weighted by Crippen LogP contribution is -2.36. The molecule has 1 unspecified atom stereocenters. The Morgan fingerprint density at radius 2 is 2.04 bits per heavy atom.